The number of rotatable bonds is 4. The summed E-state index contributed by atoms with van der Waals surface area (Å²) in [5.41, 5.74) is 7.82. The normalized spacial score (nSPS) is 10.5. The summed E-state index contributed by atoms with van der Waals surface area (Å²) in [6.07, 6.45) is 0. The highest BCUT2D eigenvalue weighted by molar-refractivity contribution is 7.00. The van der Waals surface area contributed by atoms with E-state index in [0.717, 1.165) is 11.7 Å². The van der Waals surface area contributed by atoms with Crippen molar-refractivity contribution >= 4 is 57.6 Å². The van der Waals surface area contributed by atoms with Crippen molar-refractivity contribution in [2.45, 2.75) is 0 Å². The van der Waals surface area contributed by atoms with Gasteiger partial charge in [-0.05, 0) is 30.3 Å². The molecule has 0 saturated heterocycles. The Kier molecular flexibility index (Phi) is 4.59. The monoisotopic (exact) mass is 362 g/mol. The van der Waals surface area contributed by atoms with Crippen LogP contribution in [0.3, 0.4) is 0 Å². The molecule has 1 amide bonds. The fourth-order valence-electron chi connectivity index (χ4n) is 2.02. The Hall–Kier alpha value is -2.71. The topological polar surface area (TPSA) is 107 Å². The van der Waals surface area contributed by atoms with Crippen molar-refractivity contribution < 1.29 is 14.3 Å². The van der Waals surface area contributed by atoms with Crippen LogP contribution in [0.4, 0.5) is 11.4 Å². The summed E-state index contributed by atoms with van der Waals surface area (Å²) in [4.78, 5) is 23.9. The van der Waals surface area contributed by atoms with Crippen LogP contribution in [0.15, 0.2) is 36.4 Å². The third kappa shape index (κ3) is 3.44. The predicted octanol–water partition coefficient (Wildman–Crippen LogP) is 2.72. The minimum absolute atomic E-state index is 0.151. The molecular weight excluding hydrogens is 352 g/mol. The van der Waals surface area contributed by atoms with Gasteiger partial charge in [0, 0.05) is 10.7 Å². The summed E-state index contributed by atoms with van der Waals surface area (Å²) < 4.78 is 13.2. The number of nitrogen functional groups attached to an aromatic ring is 1. The third-order valence-corrected chi connectivity index (χ3v) is 3.91. The van der Waals surface area contributed by atoms with Gasteiger partial charge in [0.1, 0.15) is 11.0 Å². The molecule has 0 aliphatic rings. The maximum Gasteiger partial charge on any atom is 0.340 e. The number of carbonyl (C=O) groups is 2. The summed E-state index contributed by atoms with van der Waals surface area (Å²) in [6.45, 7) is -0.450. The van der Waals surface area contributed by atoms with Crippen LogP contribution in [0.2, 0.25) is 5.02 Å². The van der Waals surface area contributed by atoms with Gasteiger partial charge in [-0.25, -0.2) is 4.79 Å². The highest BCUT2D eigenvalue weighted by Crippen LogP contribution is 2.21. The second-order valence-corrected chi connectivity index (χ2v) is 5.76. The standard InChI is InChI=1S/C15H11ClN4O3S/c16-8-4-5-9(10(17)6-8)15(22)23-7-13(21)18-11-2-1-3-12-14(11)20-24-19-12/h1-6H,7,17H2,(H,18,21). The number of aromatic nitrogens is 2. The molecule has 0 aliphatic heterocycles. The van der Waals surface area contributed by atoms with Crippen LogP contribution in [0.1, 0.15) is 10.4 Å². The summed E-state index contributed by atoms with van der Waals surface area (Å²) >= 11 is 6.82. The van der Waals surface area contributed by atoms with Crippen molar-refractivity contribution in [1.29, 1.82) is 0 Å². The highest BCUT2D eigenvalue weighted by Gasteiger charge is 2.14. The Morgan fingerprint density at radius 1 is 1.25 bits per heavy atom. The highest BCUT2D eigenvalue weighted by atomic mass is 35.5. The van der Waals surface area contributed by atoms with Crippen molar-refractivity contribution in [2.75, 3.05) is 17.7 Å². The van der Waals surface area contributed by atoms with Gasteiger partial charge in [-0.15, -0.1) is 0 Å². The zero-order valence-electron chi connectivity index (χ0n) is 12.2. The zero-order chi connectivity index (χ0) is 17.1. The molecule has 0 radical (unpaired) electrons. The first kappa shape index (κ1) is 16.2. The number of anilines is 2. The number of hydrogen-bond donors (Lipinski definition) is 2. The Bertz CT molecular complexity index is 928. The Balaban J connectivity index is 1.63. The molecule has 0 atom stereocenters. The number of esters is 1. The molecule has 2 aromatic carbocycles. The average molecular weight is 363 g/mol. The molecule has 9 heteroatoms. The van der Waals surface area contributed by atoms with Crippen molar-refractivity contribution in [3.8, 4) is 0 Å². The Morgan fingerprint density at radius 2 is 2.08 bits per heavy atom. The van der Waals surface area contributed by atoms with E-state index in [1.165, 1.54) is 18.2 Å². The molecule has 0 bridgehead atoms. The Morgan fingerprint density at radius 3 is 2.88 bits per heavy atom. The van der Waals surface area contributed by atoms with Crippen LogP contribution in [-0.4, -0.2) is 27.2 Å². The molecule has 0 saturated carbocycles. The number of benzene rings is 2. The van der Waals surface area contributed by atoms with Gasteiger partial charge in [0.15, 0.2) is 6.61 Å². The minimum atomic E-state index is -0.701. The van der Waals surface area contributed by atoms with Gasteiger partial charge in [-0.2, -0.15) is 8.75 Å². The Labute approximate surface area is 145 Å². The summed E-state index contributed by atoms with van der Waals surface area (Å²) in [6, 6.07) is 9.64. The second kappa shape index (κ2) is 6.81. The van der Waals surface area contributed by atoms with Gasteiger partial charge in [-0.3, -0.25) is 4.79 Å². The van der Waals surface area contributed by atoms with Crippen LogP contribution in [0.5, 0.6) is 0 Å². The molecule has 1 aromatic heterocycles. The fourth-order valence-corrected chi connectivity index (χ4v) is 2.75. The first-order valence-electron chi connectivity index (χ1n) is 6.78. The molecule has 1 heterocycles. The SMILES string of the molecule is Nc1cc(Cl)ccc1C(=O)OCC(=O)Nc1cccc2nsnc12. The number of nitrogens with two attached hydrogens (primary N) is 1. The quantitative estimate of drug-likeness (QED) is 0.545. The lowest BCUT2D eigenvalue weighted by Crippen LogP contribution is -2.21. The molecular formula is C15H11ClN4O3S. The lowest BCUT2D eigenvalue weighted by Gasteiger charge is -2.08. The van der Waals surface area contributed by atoms with Gasteiger partial charge >= 0.3 is 5.97 Å². The molecule has 3 N–H and O–H groups in total. The van der Waals surface area contributed by atoms with E-state index in [1.807, 2.05) is 0 Å². The summed E-state index contributed by atoms with van der Waals surface area (Å²) in [5, 5.41) is 3.05. The zero-order valence-corrected chi connectivity index (χ0v) is 13.7. The molecule has 0 aliphatic carbocycles. The van der Waals surface area contributed by atoms with Crippen LogP contribution >= 0.6 is 23.3 Å². The first-order valence-corrected chi connectivity index (χ1v) is 7.88. The largest absolute Gasteiger partial charge is 0.452 e. The maximum absolute atomic E-state index is 12.0. The summed E-state index contributed by atoms with van der Waals surface area (Å²) in [5.74, 6) is -1.19. The van der Waals surface area contributed by atoms with Crippen molar-refractivity contribution in [2.24, 2.45) is 0 Å². The van der Waals surface area contributed by atoms with E-state index in [9.17, 15) is 9.59 Å². The smallest absolute Gasteiger partial charge is 0.340 e. The van der Waals surface area contributed by atoms with Gasteiger partial charge in [0.2, 0.25) is 0 Å². The number of nitrogens with one attached hydrogen (secondary N) is 1. The van der Waals surface area contributed by atoms with E-state index in [4.69, 9.17) is 22.1 Å². The van der Waals surface area contributed by atoms with E-state index >= 15 is 0 Å². The van der Waals surface area contributed by atoms with E-state index in [2.05, 4.69) is 14.1 Å². The van der Waals surface area contributed by atoms with Gasteiger partial charge in [0.05, 0.1) is 23.0 Å². The molecule has 0 unspecified atom stereocenters. The van der Waals surface area contributed by atoms with Crippen LogP contribution in [-0.2, 0) is 9.53 Å². The number of amides is 1. The molecule has 122 valence electrons. The predicted molar refractivity (Wildman–Crippen MR) is 92.2 cm³/mol. The van der Waals surface area contributed by atoms with Crippen molar-refractivity contribution in [3.05, 3.63) is 47.0 Å². The lowest BCUT2D eigenvalue weighted by molar-refractivity contribution is -0.119. The van der Waals surface area contributed by atoms with Crippen molar-refractivity contribution in [1.82, 2.24) is 8.75 Å². The van der Waals surface area contributed by atoms with Gasteiger partial charge in [0.25, 0.3) is 5.91 Å². The average Bonchev–Trinajstić information content (AvgIpc) is 3.02. The lowest BCUT2D eigenvalue weighted by atomic mass is 10.2. The third-order valence-electron chi connectivity index (χ3n) is 3.13. The number of ether oxygens (including phenoxy) is 1. The molecule has 24 heavy (non-hydrogen) atoms. The van der Waals surface area contributed by atoms with E-state index in [-0.39, 0.29) is 11.3 Å². The maximum atomic E-state index is 12.0. The summed E-state index contributed by atoms with van der Waals surface area (Å²) in [7, 11) is 0. The van der Waals surface area contributed by atoms with Crippen LogP contribution in [0, 0.1) is 0 Å². The molecule has 3 aromatic rings. The van der Waals surface area contributed by atoms with Gasteiger partial charge in [-0.1, -0.05) is 17.7 Å². The fraction of sp³-hybridized carbons (Fsp3) is 0.0667. The first-order chi connectivity index (χ1) is 11.5. The molecule has 7 nitrogen and oxygen atoms in total. The van der Waals surface area contributed by atoms with E-state index < -0.39 is 18.5 Å². The number of fused-ring (bicyclic) bond motifs is 1. The minimum Gasteiger partial charge on any atom is -0.452 e. The van der Waals surface area contributed by atoms with Gasteiger partial charge < -0.3 is 15.8 Å². The van der Waals surface area contributed by atoms with Crippen molar-refractivity contribution in [3.63, 3.8) is 0 Å². The molecule has 0 spiro atoms. The number of carbonyl (C=O) groups excluding carboxylic acids is 2. The molecule has 3 rings (SSSR count). The second-order valence-electron chi connectivity index (χ2n) is 4.79. The van der Waals surface area contributed by atoms with Crippen LogP contribution < -0.4 is 11.1 Å². The number of nitrogens with zero attached hydrogens (tertiary/aromatic N) is 2. The van der Waals surface area contributed by atoms with E-state index in [0.29, 0.717) is 21.7 Å². The number of halogens is 1. The number of hydrogen-bond acceptors (Lipinski definition) is 7. The van der Waals surface area contributed by atoms with Crippen LogP contribution in [0.25, 0.3) is 11.0 Å². The molecule has 0 fully saturated rings. The van der Waals surface area contributed by atoms with E-state index in [1.54, 1.807) is 18.2 Å².